The molecular weight excluding hydrogens is 417 g/mol. The highest BCUT2D eigenvalue weighted by molar-refractivity contribution is 14.0. The van der Waals surface area contributed by atoms with E-state index >= 15 is 0 Å². The maximum atomic E-state index is 5.90. The number of aliphatic imine (C=N–C) groups is 1. The Bertz CT molecular complexity index is 684. The van der Waals surface area contributed by atoms with E-state index in [1.54, 1.807) is 6.20 Å². The Morgan fingerprint density at radius 3 is 2.79 bits per heavy atom. The number of pyridine rings is 1. The zero-order valence-electron chi connectivity index (χ0n) is 13.6. The average molecular weight is 439 g/mol. The van der Waals surface area contributed by atoms with Crippen LogP contribution < -0.4 is 16.0 Å². The predicted octanol–water partition coefficient (Wildman–Crippen LogP) is 2.33. The van der Waals surface area contributed by atoms with Crippen LogP contribution in [0.5, 0.6) is 0 Å². The molecule has 1 aliphatic rings. The van der Waals surface area contributed by atoms with Crippen LogP contribution in [0.2, 0.25) is 0 Å². The van der Waals surface area contributed by atoms with E-state index in [1.807, 2.05) is 31.2 Å². The van der Waals surface area contributed by atoms with E-state index in [0.717, 1.165) is 30.4 Å². The molecule has 8 heteroatoms. The molecule has 0 saturated carbocycles. The Balaban J connectivity index is 0.00000208. The lowest BCUT2D eigenvalue weighted by atomic mass is 10.3. The zero-order valence-corrected chi connectivity index (χ0v) is 16.0. The Morgan fingerprint density at radius 2 is 2.08 bits per heavy atom. The van der Waals surface area contributed by atoms with Gasteiger partial charge >= 0.3 is 0 Å². The first kappa shape index (κ1) is 18.4. The van der Waals surface area contributed by atoms with Gasteiger partial charge in [-0.2, -0.15) is 0 Å². The molecule has 3 N–H and O–H groups in total. The second kappa shape index (κ2) is 8.76. The van der Waals surface area contributed by atoms with E-state index in [1.165, 1.54) is 12.8 Å². The molecular formula is C16H22IN7. The van der Waals surface area contributed by atoms with Crippen LogP contribution in [0, 0.1) is 6.92 Å². The Hall–Kier alpha value is -1.97. The molecule has 128 valence electrons. The molecule has 0 spiro atoms. The van der Waals surface area contributed by atoms with Crippen molar-refractivity contribution in [3.8, 4) is 0 Å². The average Bonchev–Trinajstić information content (AvgIpc) is 3.08. The van der Waals surface area contributed by atoms with Crippen molar-refractivity contribution >= 4 is 41.7 Å². The van der Waals surface area contributed by atoms with Gasteiger partial charge in [-0.1, -0.05) is 6.07 Å². The molecule has 0 radical (unpaired) electrons. The number of nitrogens with one attached hydrogen (secondary N) is 1. The number of aromatic nitrogens is 3. The molecule has 0 unspecified atom stereocenters. The van der Waals surface area contributed by atoms with Gasteiger partial charge in [0.25, 0.3) is 0 Å². The van der Waals surface area contributed by atoms with Gasteiger partial charge in [-0.05, 0) is 38.0 Å². The molecule has 2 aromatic rings. The number of anilines is 2. The molecule has 0 atom stereocenters. The van der Waals surface area contributed by atoms with Crippen molar-refractivity contribution in [2.24, 2.45) is 10.7 Å². The number of hydrogen-bond acceptors (Lipinski definition) is 5. The van der Waals surface area contributed by atoms with Gasteiger partial charge in [0.2, 0.25) is 5.95 Å². The maximum Gasteiger partial charge on any atom is 0.225 e. The number of aryl methyl sites for hydroxylation is 1. The molecule has 2 aromatic heterocycles. The fraction of sp³-hybridized carbons (Fsp3) is 0.375. The third-order valence-electron chi connectivity index (χ3n) is 3.62. The molecule has 24 heavy (non-hydrogen) atoms. The van der Waals surface area contributed by atoms with Crippen molar-refractivity contribution in [3.63, 3.8) is 0 Å². The molecule has 3 rings (SSSR count). The van der Waals surface area contributed by atoms with Crippen LogP contribution in [0.4, 0.5) is 11.8 Å². The topological polar surface area (TPSA) is 92.3 Å². The minimum Gasteiger partial charge on any atom is -0.370 e. The van der Waals surface area contributed by atoms with Gasteiger partial charge < -0.3 is 16.0 Å². The largest absolute Gasteiger partial charge is 0.370 e. The van der Waals surface area contributed by atoms with Crippen LogP contribution in [0.1, 0.15) is 24.2 Å². The molecule has 0 bridgehead atoms. The standard InChI is InChI=1S/C16H21N7.HI/c1-12-10-13(21-16(20-12)23-8-4-5-9-23)11-19-15(17)22-14-6-2-3-7-18-14;/h2-3,6-7,10H,4-5,8-9,11H2,1H3,(H3,17,18,19,22);1H. The monoisotopic (exact) mass is 439 g/mol. The van der Waals surface area contributed by atoms with E-state index < -0.39 is 0 Å². The summed E-state index contributed by atoms with van der Waals surface area (Å²) in [6, 6.07) is 7.51. The fourth-order valence-corrected chi connectivity index (χ4v) is 2.53. The summed E-state index contributed by atoms with van der Waals surface area (Å²) < 4.78 is 0. The molecule has 1 saturated heterocycles. The van der Waals surface area contributed by atoms with E-state index in [9.17, 15) is 0 Å². The fourth-order valence-electron chi connectivity index (χ4n) is 2.53. The molecule has 1 fully saturated rings. The Labute approximate surface area is 158 Å². The van der Waals surface area contributed by atoms with Crippen molar-refractivity contribution in [3.05, 3.63) is 41.9 Å². The SMILES string of the molecule is Cc1cc(CN=C(N)Nc2ccccn2)nc(N2CCCC2)n1.I. The summed E-state index contributed by atoms with van der Waals surface area (Å²) in [5, 5.41) is 2.96. The summed E-state index contributed by atoms with van der Waals surface area (Å²) in [6.45, 7) is 4.44. The summed E-state index contributed by atoms with van der Waals surface area (Å²) in [7, 11) is 0. The first-order valence-electron chi connectivity index (χ1n) is 7.78. The van der Waals surface area contributed by atoms with Gasteiger partial charge in [0.05, 0.1) is 12.2 Å². The first-order valence-corrected chi connectivity index (χ1v) is 7.78. The van der Waals surface area contributed by atoms with Gasteiger partial charge in [0.15, 0.2) is 5.96 Å². The van der Waals surface area contributed by atoms with Gasteiger partial charge in [0, 0.05) is 25.0 Å². The van der Waals surface area contributed by atoms with Crippen molar-refractivity contribution < 1.29 is 0 Å². The highest BCUT2D eigenvalue weighted by Crippen LogP contribution is 2.17. The van der Waals surface area contributed by atoms with Crippen LogP contribution in [0.15, 0.2) is 35.5 Å². The maximum absolute atomic E-state index is 5.90. The Morgan fingerprint density at radius 1 is 1.29 bits per heavy atom. The number of hydrogen-bond donors (Lipinski definition) is 2. The lowest BCUT2D eigenvalue weighted by Crippen LogP contribution is -2.23. The summed E-state index contributed by atoms with van der Waals surface area (Å²) in [6.07, 6.45) is 4.10. The highest BCUT2D eigenvalue weighted by Gasteiger charge is 2.15. The van der Waals surface area contributed by atoms with Crippen LogP contribution in [-0.4, -0.2) is 34.0 Å². The molecule has 3 heterocycles. The zero-order chi connectivity index (χ0) is 16.1. The van der Waals surface area contributed by atoms with E-state index in [0.29, 0.717) is 18.3 Å². The summed E-state index contributed by atoms with van der Waals surface area (Å²) in [4.78, 5) is 19.8. The minimum atomic E-state index is 0. The van der Waals surface area contributed by atoms with E-state index in [-0.39, 0.29) is 24.0 Å². The molecule has 0 aromatic carbocycles. The summed E-state index contributed by atoms with van der Waals surface area (Å²) in [5.41, 5.74) is 7.71. The molecule has 7 nitrogen and oxygen atoms in total. The highest BCUT2D eigenvalue weighted by atomic mass is 127. The van der Waals surface area contributed by atoms with Gasteiger partial charge in [-0.25, -0.2) is 19.9 Å². The number of nitrogens with zero attached hydrogens (tertiary/aromatic N) is 5. The van der Waals surface area contributed by atoms with Gasteiger partial charge in [-0.3, -0.25) is 0 Å². The molecule has 0 aliphatic carbocycles. The number of nitrogens with two attached hydrogens (primary N) is 1. The minimum absolute atomic E-state index is 0. The second-order valence-corrected chi connectivity index (χ2v) is 5.54. The first-order chi connectivity index (χ1) is 11.2. The van der Waals surface area contributed by atoms with Gasteiger partial charge in [0.1, 0.15) is 5.82 Å². The van der Waals surface area contributed by atoms with Crippen molar-refractivity contribution in [2.75, 3.05) is 23.3 Å². The van der Waals surface area contributed by atoms with Crippen LogP contribution in [0.3, 0.4) is 0 Å². The van der Waals surface area contributed by atoms with Crippen LogP contribution >= 0.6 is 24.0 Å². The number of halogens is 1. The lowest BCUT2D eigenvalue weighted by Gasteiger charge is -2.16. The van der Waals surface area contributed by atoms with Crippen molar-refractivity contribution in [1.29, 1.82) is 0 Å². The predicted molar refractivity (Wildman–Crippen MR) is 107 cm³/mol. The van der Waals surface area contributed by atoms with Crippen LogP contribution in [-0.2, 0) is 6.54 Å². The van der Waals surface area contributed by atoms with Crippen molar-refractivity contribution in [1.82, 2.24) is 15.0 Å². The van der Waals surface area contributed by atoms with Gasteiger partial charge in [-0.15, -0.1) is 24.0 Å². The summed E-state index contributed by atoms with van der Waals surface area (Å²) in [5.74, 6) is 1.79. The smallest absolute Gasteiger partial charge is 0.225 e. The third-order valence-corrected chi connectivity index (χ3v) is 3.62. The van der Waals surface area contributed by atoms with Crippen molar-refractivity contribution in [2.45, 2.75) is 26.3 Å². The van der Waals surface area contributed by atoms with E-state index in [4.69, 9.17) is 5.73 Å². The normalized spacial score (nSPS) is 14.4. The summed E-state index contributed by atoms with van der Waals surface area (Å²) >= 11 is 0. The quantitative estimate of drug-likeness (QED) is 0.432. The lowest BCUT2D eigenvalue weighted by molar-refractivity contribution is 0.857. The third kappa shape index (κ3) is 5.02. The second-order valence-electron chi connectivity index (χ2n) is 5.54. The number of rotatable bonds is 4. The molecule has 0 amide bonds. The van der Waals surface area contributed by atoms with E-state index in [2.05, 4.69) is 30.2 Å². The Kier molecular flexibility index (Phi) is 6.71. The molecule has 1 aliphatic heterocycles. The van der Waals surface area contributed by atoms with Crippen LogP contribution in [0.25, 0.3) is 0 Å². The number of guanidine groups is 1.